The van der Waals surface area contributed by atoms with Crippen molar-refractivity contribution in [1.29, 1.82) is 0 Å². The van der Waals surface area contributed by atoms with E-state index in [1.807, 2.05) is 36.4 Å². The minimum Gasteiger partial charge on any atom is -0.362 e. The lowest BCUT2D eigenvalue weighted by Crippen LogP contribution is -2.29. The highest BCUT2D eigenvalue weighted by Crippen LogP contribution is 2.25. The molecule has 0 aliphatic rings. The van der Waals surface area contributed by atoms with Gasteiger partial charge >= 0.3 is 0 Å². The van der Waals surface area contributed by atoms with Gasteiger partial charge < -0.3 is 16.0 Å². The summed E-state index contributed by atoms with van der Waals surface area (Å²) in [6, 6.07) is 18.9. The van der Waals surface area contributed by atoms with Gasteiger partial charge in [0.2, 0.25) is 0 Å². The molecule has 3 rings (SSSR count). The number of non-ortho nitro benzene ring substituents is 1. The monoisotopic (exact) mass is 482 g/mol. The summed E-state index contributed by atoms with van der Waals surface area (Å²) in [4.78, 5) is 22.9. The number of carbonyl (C=O) groups is 1. The average molecular weight is 483 g/mol. The molecular formula is C24H23ClN4O3S. The summed E-state index contributed by atoms with van der Waals surface area (Å²) in [5.41, 5.74) is 3.26. The molecule has 0 saturated carbocycles. The standard InChI is InChI=1S/C24H23ClN4O3S/c1-2-3-14-26-24(33)28-19-10-6-17(7-11-19)16-4-8-18(9-5-16)27-23(30)21-15-20(29(31)32)12-13-22(21)25/h4-13,15H,2-3,14H2,1H3,(H,27,30)(H2,26,28,33). The van der Waals surface area contributed by atoms with Crippen LogP contribution in [0.2, 0.25) is 5.02 Å². The molecule has 9 heteroatoms. The maximum Gasteiger partial charge on any atom is 0.270 e. The number of unbranched alkanes of at least 4 members (excludes halogenated alkanes) is 1. The Hall–Kier alpha value is -3.49. The number of nitro groups is 1. The molecule has 0 aromatic heterocycles. The molecule has 0 atom stereocenters. The number of hydrogen-bond donors (Lipinski definition) is 3. The molecule has 0 aliphatic heterocycles. The van der Waals surface area contributed by atoms with Crippen LogP contribution < -0.4 is 16.0 Å². The second-order valence-electron chi connectivity index (χ2n) is 7.26. The molecule has 3 aromatic rings. The van der Waals surface area contributed by atoms with E-state index in [0.717, 1.165) is 42.3 Å². The van der Waals surface area contributed by atoms with Gasteiger partial charge in [-0.3, -0.25) is 14.9 Å². The first-order valence-corrected chi connectivity index (χ1v) is 11.2. The highest BCUT2D eigenvalue weighted by Gasteiger charge is 2.16. The number of nitrogens with one attached hydrogen (secondary N) is 3. The molecule has 0 spiro atoms. The Morgan fingerprint density at radius 3 is 2.09 bits per heavy atom. The normalized spacial score (nSPS) is 10.4. The van der Waals surface area contributed by atoms with Gasteiger partial charge in [-0.25, -0.2) is 0 Å². The molecule has 1 amide bonds. The molecule has 0 unspecified atom stereocenters. The van der Waals surface area contributed by atoms with E-state index >= 15 is 0 Å². The fraction of sp³-hybridized carbons (Fsp3) is 0.167. The molecule has 0 heterocycles. The van der Waals surface area contributed by atoms with Crippen LogP contribution in [0.25, 0.3) is 11.1 Å². The van der Waals surface area contributed by atoms with E-state index in [4.69, 9.17) is 23.8 Å². The third-order valence-electron chi connectivity index (χ3n) is 4.84. The average Bonchev–Trinajstić information content (AvgIpc) is 2.80. The van der Waals surface area contributed by atoms with Gasteiger partial charge in [-0.05, 0) is 60.1 Å². The first-order chi connectivity index (χ1) is 15.9. The number of nitrogens with zero attached hydrogens (tertiary/aromatic N) is 1. The van der Waals surface area contributed by atoms with Crippen LogP contribution in [0, 0.1) is 10.1 Å². The summed E-state index contributed by atoms with van der Waals surface area (Å²) in [5.74, 6) is -0.518. The smallest absolute Gasteiger partial charge is 0.270 e. The van der Waals surface area contributed by atoms with Crippen LogP contribution >= 0.6 is 23.8 Å². The quantitative estimate of drug-likeness (QED) is 0.152. The van der Waals surface area contributed by atoms with Crippen molar-refractivity contribution in [2.24, 2.45) is 0 Å². The lowest BCUT2D eigenvalue weighted by molar-refractivity contribution is -0.384. The van der Waals surface area contributed by atoms with Crippen molar-refractivity contribution in [1.82, 2.24) is 5.32 Å². The van der Waals surface area contributed by atoms with Gasteiger partial charge in [0, 0.05) is 30.1 Å². The second kappa shape index (κ2) is 11.4. The first-order valence-electron chi connectivity index (χ1n) is 10.4. The predicted molar refractivity (Wildman–Crippen MR) is 137 cm³/mol. The maximum atomic E-state index is 12.5. The molecule has 33 heavy (non-hydrogen) atoms. The lowest BCUT2D eigenvalue weighted by Gasteiger charge is -2.11. The van der Waals surface area contributed by atoms with Gasteiger partial charge in [0.15, 0.2) is 5.11 Å². The van der Waals surface area contributed by atoms with E-state index in [-0.39, 0.29) is 16.3 Å². The zero-order valence-corrected chi connectivity index (χ0v) is 19.5. The van der Waals surface area contributed by atoms with Crippen molar-refractivity contribution in [2.45, 2.75) is 19.8 Å². The Bertz CT molecular complexity index is 1150. The van der Waals surface area contributed by atoms with Crippen molar-refractivity contribution < 1.29 is 9.72 Å². The molecule has 3 N–H and O–H groups in total. The minimum absolute atomic E-state index is 0.0418. The Kier molecular flexibility index (Phi) is 8.34. The van der Waals surface area contributed by atoms with E-state index in [1.165, 1.54) is 12.1 Å². The summed E-state index contributed by atoms with van der Waals surface area (Å²) in [5, 5.41) is 20.7. The molecule has 0 radical (unpaired) electrons. The number of halogens is 1. The van der Waals surface area contributed by atoms with Crippen LogP contribution in [0.4, 0.5) is 17.1 Å². The molecule has 0 aliphatic carbocycles. The molecule has 170 valence electrons. The Morgan fingerprint density at radius 1 is 0.970 bits per heavy atom. The molecule has 7 nitrogen and oxygen atoms in total. The van der Waals surface area contributed by atoms with Crippen LogP contribution in [0.5, 0.6) is 0 Å². The van der Waals surface area contributed by atoms with E-state index in [2.05, 4.69) is 22.9 Å². The third-order valence-corrected chi connectivity index (χ3v) is 5.42. The van der Waals surface area contributed by atoms with Crippen molar-refractivity contribution in [2.75, 3.05) is 17.2 Å². The van der Waals surface area contributed by atoms with Crippen LogP contribution in [-0.4, -0.2) is 22.5 Å². The number of thiocarbonyl (C=S) groups is 1. The first kappa shape index (κ1) is 24.2. The van der Waals surface area contributed by atoms with Crippen LogP contribution in [0.1, 0.15) is 30.1 Å². The van der Waals surface area contributed by atoms with Gasteiger partial charge in [0.05, 0.1) is 15.5 Å². The number of amides is 1. The number of benzene rings is 3. The highest BCUT2D eigenvalue weighted by atomic mass is 35.5. The minimum atomic E-state index is -0.570. The van der Waals surface area contributed by atoms with E-state index in [0.29, 0.717) is 10.8 Å². The lowest BCUT2D eigenvalue weighted by atomic mass is 10.0. The van der Waals surface area contributed by atoms with Crippen molar-refractivity contribution in [3.8, 4) is 11.1 Å². The number of carbonyl (C=O) groups excluding carboxylic acids is 1. The largest absolute Gasteiger partial charge is 0.362 e. The number of hydrogen-bond acceptors (Lipinski definition) is 4. The topological polar surface area (TPSA) is 96.3 Å². The van der Waals surface area contributed by atoms with Gasteiger partial charge in [0.1, 0.15) is 0 Å². The zero-order chi connectivity index (χ0) is 23.8. The maximum absolute atomic E-state index is 12.5. The molecule has 0 bridgehead atoms. The molecular weight excluding hydrogens is 460 g/mol. The van der Waals surface area contributed by atoms with Gasteiger partial charge in [-0.2, -0.15) is 0 Å². The number of nitro benzene ring substituents is 1. The summed E-state index contributed by atoms with van der Waals surface area (Å²) in [7, 11) is 0. The second-order valence-corrected chi connectivity index (χ2v) is 8.08. The van der Waals surface area contributed by atoms with E-state index in [9.17, 15) is 14.9 Å². The molecule has 0 saturated heterocycles. The summed E-state index contributed by atoms with van der Waals surface area (Å²) < 4.78 is 0. The SMILES string of the molecule is CCCCNC(=S)Nc1ccc(-c2ccc(NC(=O)c3cc([N+](=O)[O-])ccc3Cl)cc2)cc1. The Morgan fingerprint density at radius 2 is 1.55 bits per heavy atom. The van der Waals surface area contributed by atoms with Crippen LogP contribution in [0.15, 0.2) is 66.7 Å². The van der Waals surface area contributed by atoms with Gasteiger partial charge in [0.25, 0.3) is 11.6 Å². The Balaban J connectivity index is 1.63. The van der Waals surface area contributed by atoms with Crippen molar-refractivity contribution >= 4 is 51.9 Å². The summed E-state index contributed by atoms with van der Waals surface area (Å²) >= 11 is 11.3. The van der Waals surface area contributed by atoms with Gasteiger partial charge in [-0.1, -0.05) is 49.2 Å². The van der Waals surface area contributed by atoms with Gasteiger partial charge in [-0.15, -0.1) is 0 Å². The number of rotatable bonds is 8. The molecule has 3 aromatic carbocycles. The van der Waals surface area contributed by atoms with E-state index < -0.39 is 10.8 Å². The van der Waals surface area contributed by atoms with Crippen LogP contribution in [0.3, 0.4) is 0 Å². The summed E-state index contributed by atoms with van der Waals surface area (Å²) in [6.45, 7) is 2.97. The fourth-order valence-electron chi connectivity index (χ4n) is 3.05. The predicted octanol–water partition coefficient (Wildman–Crippen LogP) is 6.25. The van der Waals surface area contributed by atoms with Crippen LogP contribution in [-0.2, 0) is 0 Å². The van der Waals surface area contributed by atoms with E-state index in [1.54, 1.807) is 12.1 Å². The summed E-state index contributed by atoms with van der Waals surface area (Å²) in [6.07, 6.45) is 2.17. The highest BCUT2D eigenvalue weighted by molar-refractivity contribution is 7.80. The van der Waals surface area contributed by atoms with Crippen molar-refractivity contribution in [3.63, 3.8) is 0 Å². The Labute approximate surface area is 202 Å². The number of anilines is 2. The molecule has 0 fully saturated rings. The van der Waals surface area contributed by atoms with Crippen molar-refractivity contribution in [3.05, 3.63) is 87.4 Å². The third kappa shape index (κ3) is 6.74. The fourth-order valence-corrected chi connectivity index (χ4v) is 3.47. The zero-order valence-electron chi connectivity index (χ0n) is 17.9.